The van der Waals surface area contributed by atoms with E-state index in [1.165, 1.54) is 9.75 Å². The Kier molecular flexibility index (Phi) is 6.73. The van der Waals surface area contributed by atoms with Crippen molar-refractivity contribution in [2.75, 3.05) is 19.8 Å². The van der Waals surface area contributed by atoms with E-state index in [1.807, 2.05) is 25.2 Å². The van der Waals surface area contributed by atoms with Gasteiger partial charge >= 0.3 is 0 Å². The zero-order chi connectivity index (χ0) is 12.7. The summed E-state index contributed by atoms with van der Waals surface area (Å²) in [5, 5.41) is 3.44. The largest absolute Gasteiger partial charge is 0.352 e. The Hall–Kier alpha value is -0.420. The van der Waals surface area contributed by atoms with Crippen LogP contribution in [0.2, 0.25) is 0 Å². The molecular formula is C13H23NO2S. The molecule has 0 radical (unpaired) electrons. The van der Waals surface area contributed by atoms with Crippen LogP contribution in [0.1, 0.15) is 36.6 Å². The molecule has 0 aliphatic rings. The van der Waals surface area contributed by atoms with E-state index in [1.54, 1.807) is 0 Å². The molecule has 0 saturated heterocycles. The molecule has 0 spiro atoms. The van der Waals surface area contributed by atoms with E-state index in [-0.39, 0.29) is 6.29 Å². The maximum Gasteiger partial charge on any atom is 0.169 e. The second-order valence-corrected chi connectivity index (χ2v) is 5.24. The van der Waals surface area contributed by atoms with E-state index >= 15 is 0 Å². The Labute approximate surface area is 108 Å². The molecule has 1 aromatic rings. The molecule has 1 aromatic heterocycles. The van der Waals surface area contributed by atoms with Gasteiger partial charge in [0.15, 0.2) is 6.29 Å². The van der Waals surface area contributed by atoms with Crippen LogP contribution in [-0.2, 0) is 9.47 Å². The summed E-state index contributed by atoms with van der Waals surface area (Å²) in [6, 6.07) is 4.67. The summed E-state index contributed by atoms with van der Waals surface area (Å²) in [4.78, 5) is 2.70. The van der Waals surface area contributed by atoms with Gasteiger partial charge in [0.2, 0.25) is 0 Å². The number of thiophene rings is 1. The summed E-state index contributed by atoms with van der Waals surface area (Å²) in [7, 11) is 0. The SMILES string of the molecule is CCOC(CNC(C)c1ccc(C)s1)OCC. The lowest BCUT2D eigenvalue weighted by atomic mass is 10.2. The third-order valence-corrected chi connectivity index (χ3v) is 3.67. The van der Waals surface area contributed by atoms with Crippen LogP contribution in [0.4, 0.5) is 0 Å². The van der Waals surface area contributed by atoms with Gasteiger partial charge in [-0.15, -0.1) is 11.3 Å². The lowest BCUT2D eigenvalue weighted by molar-refractivity contribution is -0.133. The van der Waals surface area contributed by atoms with Crippen LogP contribution in [-0.4, -0.2) is 26.0 Å². The molecule has 98 valence electrons. The van der Waals surface area contributed by atoms with Gasteiger partial charge in [0.1, 0.15) is 0 Å². The summed E-state index contributed by atoms with van der Waals surface area (Å²) in [5.74, 6) is 0. The van der Waals surface area contributed by atoms with Crippen molar-refractivity contribution < 1.29 is 9.47 Å². The standard InChI is InChI=1S/C13H23NO2S/c1-5-15-13(16-6-2)9-14-11(4)12-8-7-10(3)17-12/h7-8,11,13-14H,5-6,9H2,1-4H3. The summed E-state index contributed by atoms with van der Waals surface area (Å²) in [5.41, 5.74) is 0. The van der Waals surface area contributed by atoms with E-state index in [0.717, 1.165) is 6.54 Å². The minimum Gasteiger partial charge on any atom is -0.352 e. The molecule has 0 aliphatic carbocycles. The van der Waals surface area contributed by atoms with Crippen molar-refractivity contribution >= 4 is 11.3 Å². The van der Waals surface area contributed by atoms with Gasteiger partial charge in [-0.25, -0.2) is 0 Å². The van der Waals surface area contributed by atoms with Crippen molar-refractivity contribution in [2.24, 2.45) is 0 Å². The monoisotopic (exact) mass is 257 g/mol. The first kappa shape index (κ1) is 14.6. The van der Waals surface area contributed by atoms with E-state index in [0.29, 0.717) is 19.3 Å². The molecule has 1 rings (SSSR count). The van der Waals surface area contributed by atoms with Gasteiger partial charge in [0.05, 0.1) is 0 Å². The molecule has 0 amide bonds. The number of hydrogen-bond donors (Lipinski definition) is 1. The predicted octanol–water partition coefficient (Wildman–Crippen LogP) is 3.11. The average Bonchev–Trinajstić information content (AvgIpc) is 2.73. The molecule has 0 saturated carbocycles. The number of rotatable bonds is 8. The summed E-state index contributed by atoms with van der Waals surface area (Å²) < 4.78 is 11.0. The first-order valence-electron chi connectivity index (χ1n) is 6.20. The van der Waals surface area contributed by atoms with Gasteiger partial charge in [-0.3, -0.25) is 0 Å². The minimum atomic E-state index is -0.145. The maximum absolute atomic E-state index is 5.49. The fourth-order valence-corrected chi connectivity index (χ4v) is 2.50. The van der Waals surface area contributed by atoms with Crippen LogP contribution >= 0.6 is 11.3 Å². The van der Waals surface area contributed by atoms with Crippen LogP contribution in [0.3, 0.4) is 0 Å². The van der Waals surface area contributed by atoms with Crippen LogP contribution < -0.4 is 5.32 Å². The Bertz CT molecular complexity index is 308. The molecule has 17 heavy (non-hydrogen) atoms. The zero-order valence-electron chi connectivity index (χ0n) is 11.2. The second kappa shape index (κ2) is 7.82. The molecule has 0 bridgehead atoms. The molecule has 3 nitrogen and oxygen atoms in total. The quantitative estimate of drug-likeness (QED) is 0.726. The highest BCUT2D eigenvalue weighted by atomic mass is 32.1. The van der Waals surface area contributed by atoms with Crippen LogP contribution in [0.5, 0.6) is 0 Å². The first-order chi connectivity index (χ1) is 8.17. The molecule has 4 heteroatoms. The number of aryl methyl sites for hydroxylation is 1. The van der Waals surface area contributed by atoms with Crippen molar-refractivity contribution in [2.45, 2.75) is 40.0 Å². The van der Waals surface area contributed by atoms with Crippen molar-refractivity contribution in [1.82, 2.24) is 5.32 Å². The molecule has 0 fully saturated rings. The van der Waals surface area contributed by atoms with Crippen molar-refractivity contribution in [3.63, 3.8) is 0 Å². The van der Waals surface area contributed by atoms with Gasteiger partial charge in [-0.2, -0.15) is 0 Å². The van der Waals surface area contributed by atoms with Crippen LogP contribution in [0.15, 0.2) is 12.1 Å². The maximum atomic E-state index is 5.49. The van der Waals surface area contributed by atoms with E-state index in [9.17, 15) is 0 Å². The third kappa shape index (κ3) is 5.17. The van der Waals surface area contributed by atoms with Crippen LogP contribution in [0, 0.1) is 6.92 Å². The molecule has 1 N–H and O–H groups in total. The zero-order valence-corrected chi connectivity index (χ0v) is 12.0. The highest BCUT2D eigenvalue weighted by Crippen LogP contribution is 2.22. The average molecular weight is 257 g/mol. The lowest BCUT2D eigenvalue weighted by Crippen LogP contribution is -2.32. The highest BCUT2D eigenvalue weighted by Gasteiger charge is 2.12. The van der Waals surface area contributed by atoms with Gasteiger partial charge in [0.25, 0.3) is 0 Å². The first-order valence-corrected chi connectivity index (χ1v) is 7.01. The predicted molar refractivity (Wildman–Crippen MR) is 72.5 cm³/mol. The Balaban J connectivity index is 2.37. The summed E-state index contributed by atoms with van der Waals surface area (Å²) in [6.07, 6.45) is -0.145. The van der Waals surface area contributed by atoms with Gasteiger partial charge in [-0.05, 0) is 39.8 Å². The third-order valence-electron chi connectivity index (χ3n) is 2.48. The molecular weight excluding hydrogens is 234 g/mol. The molecule has 1 heterocycles. The normalized spacial score (nSPS) is 13.2. The molecule has 0 aromatic carbocycles. The number of nitrogens with one attached hydrogen (secondary N) is 1. The molecule has 1 unspecified atom stereocenters. The van der Waals surface area contributed by atoms with Gasteiger partial charge in [-0.1, -0.05) is 0 Å². The van der Waals surface area contributed by atoms with Crippen molar-refractivity contribution in [3.8, 4) is 0 Å². The van der Waals surface area contributed by atoms with Gasteiger partial charge < -0.3 is 14.8 Å². The fourth-order valence-electron chi connectivity index (χ4n) is 1.60. The Morgan fingerprint density at radius 1 is 1.24 bits per heavy atom. The lowest BCUT2D eigenvalue weighted by Gasteiger charge is -2.20. The van der Waals surface area contributed by atoms with Crippen molar-refractivity contribution in [3.05, 3.63) is 21.9 Å². The highest BCUT2D eigenvalue weighted by molar-refractivity contribution is 7.12. The van der Waals surface area contributed by atoms with E-state index in [2.05, 4.69) is 31.3 Å². The Morgan fingerprint density at radius 3 is 2.35 bits per heavy atom. The van der Waals surface area contributed by atoms with E-state index < -0.39 is 0 Å². The van der Waals surface area contributed by atoms with Crippen LogP contribution in [0.25, 0.3) is 0 Å². The van der Waals surface area contributed by atoms with Gasteiger partial charge in [0, 0.05) is 35.6 Å². The number of ether oxygens (including phenoxy) is 2. The Morgan fingerprint density at radius 2 is 1.88 bits per heavy atom. The fraction of sp³-hybridized carbons (Fsp3) is 0.692. The topological polar surface area (TPSA) is 30.5 Å². The number of hydrogen-bond acceptors (Lipinski definition) is 4. The molecule has 1 atom stereocenters. The minimum absolute atomic E-state index is 0.145. The van der Waals surface area contributed by atoms with E-state index in [4.69, 9.17) is 9.47 Å². The van der Waals surface area contributed by atoms with Crippen molar-refractivity contribution in [1.29, 1.82) is 0 Å². The summed E-state index contributed by atoms with van der Waals surface area (Å²) in [6.45, 7) is 10.3. The smallest absolute Gasteiger partial charge is 0.169 e. The second-order valence-electron chi connectivity index (χ2n) is 3.92. The molecule has 0 aliphatic heterocycles. The summed E-state index contributed by atoms with van der Waals surface area (Å²) >= 11 is 1.83.